The topological polar surface area (TPSA) is 12.5 Å². The van der Waals surface area contributed by atoms with Crippen LogP contribution >= 0.6 is 0 Å². The molecular formula is C21H33NO. The molecular weight excluding hydrogens is 282 g/mol. The second kappa shape index (κ2) is 7.81. The van der Waals surface area contributed by atoms with Crippen molar-refractivity contribution in [2.24, 2.45) is 17.3 Å². The van der Waals surface area contributed by atoms with Crippen LogP contribution in [0, 0.1) is 17.3 Å². The van der Waals surface area contributed by atoms with Crippen LogP contribution in [-0.2, 0) is 11.3 Å². The standard InChI is InChI=1S/C21H33NO/c1-21(2)19(11-14-22-12-7-4-8-13-22)15-20(21)17-23-16-18-9-5-3-6-10-18/h3,5-6,9-10,19-20H,4,7-8,11-17H2,1-2H3. The van der Waals surface area contributed by atoms with Crippen LogP contribution in [-0.4, -0.2) is 31.1 Å². The monoisotopic (exact) mass is 315 g/mol. The highest BCUT2D eigenvalue weighted by Crippen LogP contribution is 2.53. The van der Waals surface area contributed by atoms with Crippen molar-refractivity contribution in [2.45, 2.75) is 52.6 Å². The maximum absolute atomic E-state index is 5.99. The molecule has 128 valence electrons. The zero-order valence-electron chi connectivity index (χ0n) is 15.0. The Hall–Kier alpha value is -0.860. The fraction of sp³-hybridized carbons (Fsp3) is 0.714. The zero-order valence-corrected chi connectivity index (χ0v) is 15.0. The highest BCUT2D eigenvalue weighted by Gasteiger charge is 2.47. The van der Waals surface area contributed by atoms with Gasteiger partial charge in [-0.25, -0.2) is 0 Å². The summed E-state index contributed by atoms with van der Waals surface area (Å²) >= 11 is 0. The van der Waals surface area contributed by atoms with Gasteiger partial charge in [0.2, 0.25) is 0 Å². The molecule has 1 aliphatic heterocycles. The number of piperidine rings is 1. The number of nitrogens with zero attached hydrogens (tertiary/aromatic N) is 1. The molecule has 0 amide bonds. The van der Waals surface area contributed by atoms with Crippen LogP contribution in [0.3, 0.4) is 0 Å². The van der Waals surface area contributed by atoms with E-state index in [1.54, 1.807) is 0 Å². The minimum Gasteiger partial charge on any atom is -0.376 e. The molecule has 1 aromatic carbocycles. The first-order valence-electron chi connectivity index (χ1n) is 9.50. The molecule has 1 aliphatic carbocycles. The van der Waals surface area contributed by atoms with Crippen LogP contribution in [0.25, 0.3) is 0 Å². The average Bonchev–Trinajstić information content (AvgIpc) is 2.58. The largest absolute Gasteiger partial charge is 0.376 e. The second-order valence-corrected chi connectivity index (χ2v) is 8.14. The van der Waals surface area contributed by atoms with Gasteiger partial charge in [0, 0.05) is 0 Å². The van der Waals surface area contributed by atoms with Crippen molar-refractivity contribution < 1.29 is 4.74 Å². The summed E-state index contributed by atoms with van der Waals surface area (Å²) in [5, 5.41) is 0. The third-order valence-electron chi connectivity index (χ3n) is 6.35. The summed E-state index contributed by atoms with van der Waals surface area (Å²) in [6, 6.07) is 10.5. The van der Waals surface area contributed by atoms with Gasteiger partial charge in [0.1, 0.15) is 0 Å². The molecule has 1 aromatic rings. The van der Waals surface area contributed by atoms with Crippen LogP contribution in [0.1, 0.15) is 51.5 Å². The number of likely N-dealkylation sites (tertiary alicyclic amines) is 1. The summed E-state index contributed by atoms with van der Waals surface area (Å²) in [6.45, 7) is 10.6. The molecule has 0 bridgehead atoms. The van der Waals surface area contributed by atoms with Crippen LogP contribution in [0.4, 0.5) is 0 Å². The molecule has 2 aliphatic rings. The van der Waals surface area contributed by atoms with E-state index in [0.717, 1.165) is 25.0 Å². The molecule has 0 spiro atoms. The molecule has 0 aromatic heterocycles. The van der Waals surface area contributed by atoms with E-state index in [1.165, 1.54) is 57.3 Å². The van der Waals surface area contributed by atoms with Crippen molar-refractivity contribution in [3.05, 3.63) is 35.9 Å². The Morgan fingerprint density at radius 2 is 1.78 bits per heavy atom. The lowest BCUT2D eigenvalue weighted by atomic mass is 9.54. The van der Waals surface area contributed by atoms with Crippen LogP contribution in [0.15, 0.2) is 30.3 Å². The van der Waals surface area contributed by atoms with Crippen molar-refractivity contribution in [3.8, 4) is 0 Å². The van der Waals surface area contributed by atoms with E-state index in [-0.39, 0.29) is 0 Å². The molecule has 2 atom stereocenters. The fourth-order valence-electron chi connectivity index (χ4n) is 4.31. The first-order valence-corrected chi connectivity index (χ1v) is 9.50. The van der Waals surface area contributed by atoms with Gasteiger partial charge in [0.15, 0.2) is 0 Å². The first-order chi connectivity index (χ1) is 11.2. The Morgan fingerprint density at radius 3 is 2.48 bits per heavy atom. The summed E-state index contributed by atoms with van der Waals surface area (Å²) in [7, 11) is 0. The highest BCUT2D eigenvalue weighted by molar-refractivity contribution is 5.13. The molecule has 0 N–H and O–H groups in total. The predicted molar refractivity (Wildman–Crippen MR) is 96.4 cm³/mol. The van der Waals surface area contributed by atoms with E-state index < -0.39 is 0 Å². The predicted octanol–water partition coefficient (Wildman–Crippen LogP) is 4.74. The second-order valence-electron chi connectivity index (χ2n) is 8.14. The van der Waals surface area contributed by atoms with E-state index in [1.807, 2.05) is 0 Å². The number of rotatable bonds is 7. The summed E-state index contributed by atoms with van der Waals surface area (Å²) < 4.78 is 5.99. The van der Waals surface area contributed by atoms with E-state index in [9.17, 15) is 0 Å². The van der Waals surface area contributed by atoms with E-state index in [0.29, 0.717) is 5.41 Å². The van der Waals surface area contributed by atoms with Gasteiger partial charge < -0.3 is 9.64 Å². The maximum atomic E-state index is 5.99. The third kappa shape index (κ3) is 4.36. The summed E-state index contributed by atoms with van der Waals surface area (Å²) in [6.07, 6.45) is 6.98. The number of ether oxygens (including phenoxy) is 1. The van der Waals surface area contributed by atoms with E-state index in [2.05, 4.69) is 49.1 Å². The first kappa shape index (κ1) is 17.0. The molecule has 2 fully saturated rings. The number of hydrogen-bond acceptors (Lipinski definition) is 2. The fourth-order valence-corrected chi connectivity index (χ4v) is 4.31. The Balaban J connectivity index is 1.36. The lowest BCUT2D eigenvalue weighted by Gasteiger charge is -2.53. The van der Waals surface area contributed by atoms with Crippen molar-refractivity contribution >= 4 is 0 Å². The van der Waals surface area contributed by atoms with Gasteiger partial charge in [0.05, 0.1) is 13.2 Å². The van der Waals surface area contributed by atoms with Gasteiger partial charge in [0.25, 0.3) is 0 Å². The molecule has 1 heterocycles. The molecule has 3 rings (SSSR count). The SMILES string of the molecule is CC1(C)C(CCN2CCCCC2)CC1COCc1ccccc1. The minimum absolute atomic E-state index is 0.451. The van der Waals surface area contributed by atoms with Gasteiger partial charge >= 0.3 is 0 Å². The number of benzene rings is 1. The van der Waals surface area contributed by atoms with Crippen molar-refractivity contribution in [1.29, 1.82) is 0 Å². The molecule has 0 radical (unpaired) electrons. The molecule has 2 unspecified atom stereocenters. The van der Waals surface area contributed by atoms with Crippen LogP contribution in [0.2, 0.25) is 0 Å². The van der Waals surface area contributed by atoms with Gasteiger partial charge in [-0.05, 0) is 68.1 Å². The van der Waals surface area contributed by atoms with Gasteiger partial charge in [-0.3, -0.25) is 0 Å². The molecule has 1 saturated heterocycles. The highest BCUT2D eigenvalue weighted by atomic mass is 16.5. The van der Waals surface area contributed by atoms with E-state index >= 15 is 0 Å². The molecule has 2 heteroatoms. The Morgan fingerprint density at radius 1 is 1.04 bits per heavy atom. The lowest BCUT2D eigenvalue weighted by Crippen LogP contribution is -2.48. The lowest BCUT2D eigenvalue weighted by molar-refractivity contribution is -0.0807. The van der Waals surface area contributed by atoms with Crippen molar-refractivity contribution in [1.82, 2.24) is 4.90 Å². The summed E-state index contributed by atoms with van der Waals surface area (Å²) in [4.78, 5) is 2.68. The van der Waals surface area contributed by atoms with Gasteiger partial charge in [-0.15, -0.1) is 0 Å². The minimum atomic E-state index is 0.451. The third-order valence-corrected chi connectivity index (χ3v) is 6.35. The average molecular weight is 316 g/mol. The molecule has 23 heavy (non-hydrogen) atoms. The number of hydrogen-bond donors (Lipinski definition) is 0. The van der Waals surface area contributed by atoms with Crippen LogP contribution in [0.5, 0.6) is 0 Å². The van der Waals surface area contributed by atoms with Crippen molar-refractivity contribution in [3.63, 3.8) is 0 Å². The Kier molecular flexibility index (Phi) is 5.76. The summed E-state index contributed by atoms with van der Waals surface area (Å²) in [5.41, 5.74) is 1.73. The quantitative estimate of drug-likeness (QED) is 0.720. The Bertz CT molecular complexity index is 464. The van der Waals surface area contributed by atoms with Gasteiger partial charge in [-0.1, -0.05) is 50.6 Å². The summed E-state index contributed by atoms with van der Waals surface area (Å²) in [5.74, 6) is 1.62. The Labute approximate surface area is 142 Å². The zero-order chi connectivity index (χ0) is 16.1. The van der Waals surface area contributed by atoms with E-state index in [4.69, 9.17) is 4.74 Å². The normalized spacial score (nSPS) is 27.6. The van der Waals surface area contributed by atoms with Crippen molar-refractivity contribution in [2.75, 3.05) is 26.2 Å². The molecule has 2 nitrogen and oxygen atoms in total. The maximum Gasteiger partial charge on any atom is 0.0717 e. The smallest absolute Gasteiger partial charge is 0.0717 e. The van der Waals surface area contributed by atoms with Crippen LogP contribution < -0.4 is 0 Å². The van der Waals surface area contributed by atoms with Gasteiger partial charge in [-0.2, -0.15) is 0 Å². The molecule has 1 saturated carbocycles.